The number of thioether (sulfide) groups is 1. The molecule has 0 spiro atoms. The molecule has 0 fully saturated rings. The van der Waals surface area contributed by atoms with Crippen molar-refractivity contribution >= 4 is 11.8 Å². The number of rotatable bonds is 4. The Labute approximate surface area is 101 Å². The molecule has 1 atom stereocenters. The summed E-state index contributed by atoms with van der Waals surface area (Å²) in [6.45, 7) is 2.63. The molecule has 2 nitrogen and oxygen atoms in total. The molecule has 16 heavy (non-hydrogen) atoms. The van der Waals surface area contributed by atoms with E-state index in [1.807, 2.05) is 19.1 Å². The summed E-state index contributed by atoms with van der Waals surface area (Å²) in [4.78, 5) is 0. The van der Waals surface area contributed by atoms with Crippen LogP contribution in [0.5, 0.6) is 0 Å². The first kappa shape index (κ1) is 13.1. The Bertz CT molecular complexity index is 381. The van der Waals surface area contributed by atoms with Gasteiger partial charge in [0.2, 0.25) is 0 Å². The number of aliphatic hydroxyl groups is 1. The molecule has 0 bridgehead atoms. The summed E-state index contributed by atoms with van der Waals surface area (Å²) in [5, 5.41) is 9.20. The maximum absolute atomic E-state index is 8.93. The summed E-state index contributed by atoms with van der Waals surface area (Å²) >= 11 is 1.74. The van der Waals surface area contributed by atoms with Gasteiger partial charge < -0.3 is 10.8 Å². The van der Waals surface area contributed by atoms with Gasteiger partial charge in [-0.25, -0.2) is 0 Å². The van der Waals surface area contributed by atoms with E-state index in [9.17, 15) is 0 Å². The van der Waals surface area contributed by atoms with E-state index < -0.39 is 0 Å². The summed E-state index contributed by atoms with van der Waals surface area (Å²) in [7, 11) is 0. The lowest BCUT2D eigenvalue weighted by atomic mass is 10.1. The molecule has 86 valence electrons. The van der Waals surface area contributed by atoms with Gasteiger partial charge in [0, 0.05) is 16.6 Å². The number of hydrogen-bond acceptors (Lipinski definition) is 3. The second kappa shape index (κ2) is 7.34. The Morgan fingerprint density at radius 3 is 3.00 bits per heavy atom. The number of hydrogen-bond donors (Lipinski definition) is 2. The van der Waals surface area contributed by atoms with E-state index in [0.717, 1.165) is 11.3 Å². The first-order valence-corrected chi connectivity index (χ1v) is 6.31. The van der Waals surface area contributed by atoms with Crippen LogP contribution in [0.2, 0.25) is 0 Å². The Morgan fingerprint density at radius 2 is 2.31 bits per heavy atom. The minimum Gasteiger partial charge on any atom is -0.395 e. The second-order valence-electron chi connectivity index (χ2n) is 3.51. The van der Waals surface area contributed by atoms with E-state index in [-0.39, 0.29) is 11.9 Å². The highest BCUT2D eigenvalue weighted by Crippen LogP contribution is 2.17. The summed E-state index contributed by atoms with van der Waals surface area (Å²) in [5.41, 5.74) is 7.56. The molecule has 1 aromatic carbocycles. The molecule has 3 heteroatoms. The maximum atomic E-state index is 8.93. The van der Waals surface area contributed by atoms with Gasteiger partial charge >= 0.3 is 0 Å². The van der Waals surface area contributed by atoms with Crippen LogP contribution in [0.4, 0.5) is 0 Å². The second-order valence-corrected chi connectivity index (χ2v) is 4.94. The topological polar surface area (TPSA) is 46.2 Å². The quantitative estimate of drug-likeness (QED) is 0.779. The van der Waals surface area contributed by atoms with Crippen LogP contribution in [0.15, 0.2) is 24.3 Å². The van der Waals surface area contributed by atoms with Gasteiger partial charge in [0.05, 0.1) is 13.2 Å². The van der Waals surface area contributed by atoms with E-state index in [0.29, 0.717) is 6.54 Å². The molecule has 1 aromatic rings. The molecule has 0 aromatic heterocycles. The van der Waals surface area contributed by atoms with E-state index in [1.165, 1.54) is 5.56 Å². The highest BCUT2D eigenvalue weighted by molar-refractivity contribution is 7.99. The summed E-state index contributed by atoms with van der Waals surface area (Å²) in [6, 6.07) is 8.12. The molecule has 0 aliphatic carbocycles. The molecule has 0 heterocycles. The minimum absolute atomic E-state index is 0.220. The van der Waals surface area contributed by atoms with Crippen molar-refractivity contribution in [3.05, 3.63) is 35.4 Å². The average Bonchev–Trinajstić information content (AvgIpc) is 2.34. The normalized spacial score (nSPS) is 11.7. The van der Waals surface area contributed by atoms with Gasteiger partial charge in [-0.3, -0.25) is 0 Å². The smallest absolute Gasteiger partial charge is 0.0555 e. The van der Waals surface area contributed by atoms with Crippen LogP contribution in [-0.2, 0) is 5.75 Å². The van der Waals surface area contributed by atoms with E-state index in [1.54, 1.807) is 11.8 Å². The first-order chi connectivity index (χ1) is 7.76. The van der Waals surface area contributed by atoms with E-state index in [2.05, 4.69) is 24.0 Å². The third kappa shape index (κ3) is 4.71. The molecule has 1 unspecified atom stereocenters. The van der Waals surface area contributed by atoms with Crippen LogP contribution in [0, 0.1) is 11.8 Å². The monoisotopic (exact) mass is 235 g/mol. The van der Waals surface area contributed by atoms with Crippen molar-refractivity contribution in [3.63, 3.8) is 0 Å². The van der Waals surface area contributed by atoms with Gasteiger partial charge in [0.25, 0.3) is 0 Å². The highest BCUT2D eigenvalue weighted by Gasteiger charge is 2.01. The molecule has 1 rings (SSSR count). The van der Waals surface area contributed by atoms with Crippen molar-refractivity contribution in [1.82, 2.24) is 0 Å². The molecule has 0 saturated heterocycles. The Kier molecular flexibility index (Phi) is 6.02. The van der Waals surface area contributed by atoms with Crippen molar-refractivity contribution in [2.45, 2.75) is 17.9 Å². The van der Waals surface area contributed by atoms with Crippen molar-refractivity contribution in [2.75, 3.05) is 13.2 Å². The molecule has 3 N–H and O–H groups in total. The van der Waals surface area contributed by atoms with Crippen molar-refractivity contribution in [2.24, 2.45) is 5.73 Å². The fourth-order valence-corrected chi connectivity index (χ4v) is 1.95. The van der Waals surface area contributed by atoms with E-state index >= 15 is 0 Å². The molecule has 0 aliphatic heterocycles. The summed E-state index contributed by atoms with van der Waals surface area (Å²) < 4.78 is 0. The number of aliphatic hydroxyl groups excluding tert-OH is 1. The average molecular weight is 235 g/mol. The first-order valence-electron chi connectivity index (χ1n) is 5.26. The zero-order chi connectivity index (χ0) is 11.8. The van der Waals surface area contributed by atoms with Gasteiger partial charge in [-0.1, -0.05) is 30.9 Å². The van der Waals surface area contributed by atoms with Crippen molar-refractivity contribution in [3.8, 4) is 11.8 Å². The molecular weight excluding hydrogens is 218 g/mol. The van der Waals surface area contributed by atoms with Crippen LogP contribution in [0.1, 0.15) is 18.1 Å². The number of benzene rings is 1. The fourth-order valence-electron chi connectivity index (χ4n) is 1.18. The largest absolute Gasteiger partial charge is 0.395 e. The van der Waals surface area contributed by atoms with Crippen LogP contribution in [-0.4, -0.2) is 23.5 Å². The summed E-state index contributed by atoms with van der Waals surface area (Å²) in [6.07, 6.45) is 0. The van der Waals surface area contributed by atoms with Crippen LogP contribution in [0.25, 0.3) is 0 Å². The predicted octanol–water partition coefficient (Wildman–Crippen LogP) is 1.61. The van der Waals surface area contributed by atoms with Gasteiger partial charge in [0.1, 0.15) is 0 Å². The standard InChI is InChI=1S/C13H17NOS/c1-11(9-15)16-10-13-5-2-4-12(8-13)6-3-7-14/h2,4-5,8,11,15H,7,9-10,14H2,1H3. The zero-order valence-corrected chi connectivity index (χ0v) is 10.3. The SMILES string of the molecule is CC(CO)SCc1cccc(C#CCN)c1. The lowest BCUT2D eigenvalue weighted by Gasteiger charge is -2.07. The fraction of sp³-hybridized carbons (Fsp3) is 0.385. The maximum Gasteiger partial charge on any atom is 0.0555 e. The van der Waals surface area contributed by atoms with Gasteiger partial charge in [-0.05, 0) is 17.7 Å². The van der Waals surface area contributed by atoms with Crippen LogP contribution in [0.3, 0.4) is 0 Å². The Balaban J connectivity index is 2.60. The molecule has 0 saturated carbocycles. The predicted molar refractivity (Wildman–Crippen MR) is 70.2 cm³/mol. The molecule has 0 aliphatic rings. The Morgan fingerprint density at radius 1 is 1.50 bits per heavy atom. The van der Waals surface area contributed by atoms with Gasteiger partial charge in [0.15, 0.2) is 0 Å². The van der Waals surface area contributed by atoms with Crippen LogP contribution >= 0.6 is 11.8 Å². The van der Waals surface area contributed by atoms with Gasteiger partial charge in [-0.15, -0.1) is 0 Å². The summed E-state index contributed by atoms with van der Waals surface area (Å²) in [5.74, 6) is 6.75. The third-order valence-corrected chi connectivity index (χ3v) is 3.27. The highest BCUT2D eigenvalue weighted by atomic mass is 32.2. The molecule has 0 amide bonds. The third-order valence-electron chi connectivity index (χ3n) is 2.05. The van der Waals surface area contributed by atoms with Crippen molar-refractivity contribution in [1.29, 1.82) is 0 Å². The number of nitrogens with two attached hydrogens (primary N) is 1. The lowest BCUT2D eigenvalue weighted by molar-refractivity contribution is 0.300. The Hall–Kier alpha value is -0.950. The van der Waals surface area contributed by atoms with Gasteiger partial charge in [-0.2, -0.15) is 11.8 Å². The molecular formula is C13H17NOS. The lowest BCUT2D eigenvalue weighted by Crippen LogP contribution is -2.02. The zero-order valence-electron chi connectivity index (χ0n) is 9.44. The van der Waals surface area contributed by atoms with Crippen molar-refractivity contribution < 1.29 is 5.11 Å². The van der Waals surface area contributed by atoms with E-state index in [4.69, 9.17) is 10.8 Å². The van der Waals surface area contributed by atoms with Crippen LogP contribution < -0.4 is 5.73 Å². The minimum atomic E-state index is 0.220. The molecule has 0 radical (unpaired) electrons.